The van der Waals surface area contributed by atoms with Crippen molar-refractivity contribution in [1.29, 1.82) is 0 Å². The second-order valence-corrected chi connectivity index (χ2v) is 10.2. The van der Waals surface area contributed by atoms with Gasteiger partial charge in [-0.05, 0) is 68.3 Å². The molecule has 3 aromatic carbocycles. The number of aromatic carboxylic acids is 1. The molecule has 0 aromatic heterocycles. The zero-order valence-corrected chi connectivity index (χ0v) is 19.3. The van der Waals surface area contributed by atoms with E-state index in [-0.39, 0.29) is 4.90 Å². The van der Waals surface area contributed by atoms with Gasteiger partial charge in [-0.2, -0.15) is 0 Å². The summed E-state index contributed by atoms with van der Waals surface area (Å²) in [5.74, 6) is -4.09. The number of nitrogens with one attached hydrogen (secondary N) is 1. The van der Waals surface area contributed by atoms with Crippen LogP contribution in [0.2, 0.25) is 0 Å². The van der Waals surface area contributed by atoms with E-state index >= 15 is 0 Å². The molecular weight excluding hydrogens is 464 g/mol. The third-order valence-corrected chi connectivity index (χ3v) is 6.67. The summed E-state index contributed by atoms with van der Waals surface area (Å²) >= 11 is 0. The summed E-state index contributed by atoms with van der Waals surface area (Å²) in [6, 6.07) is 13.3. The van der Waals surface area contributed by atoms with Crippen molar-refractivity contribution in [3.05, 3.63) is 94.6 Å². The first-order valence-electron chi connectivity index (χ1n) is 10.2. The van der Waals surface area contributed by atoms with Crippen LogP contribution in [0, 0.1) is 18.6 Å². The fourth-order valence-corrected chi connectivity index (χ4v) is 4.80. The van der Waals surface area contributed by atoms with Crippen molar-refractivity contribution in [3.63, 3.8) is 0 Å². The average Bonchev–Trinajstić information content (AvgIpc) is 2.71. The van der Waals surface area contributed by atoms with Crippen LogP contribution in [0.15, 0.2) is 65.6 Å². The van der Waals surface area contributed by atoms with E-state index in [9.17, 15) is 22.0 Å². The van der Waals surface area contributed by atoms with Gasteiger partial charge in [-0.25, -0.2) is 22.0 Å². The van der Waals surface area contributed by atoms with Gasteiger partial charge in [-0.3, -0.25) is 4.72 Å². The van der Waals surface area contributed by atoms with Crippen molar-refractivity contribution < 1.29 is 31.8 Å². The maximum absolute atomic E-state index is 14.0. The fraction of sp³-hybridized carbons (Fsp3) is 0.160. The van der Waals surface area contributed by atoms with E-state index in [1.54, 1.807) is 0 Å². The van der Waals surface area contributed by atoms with Gasteiger partial charge in [0, 0.05) is 5.56 Å². The van der Waals surface area contributed by atoms with Gasteiger partial charge in [0.2, 0.25) is 0 Å². The van der Waals surface area contributed by atoms with E-state index < -0.39 is 44.5 Å². The molecule has 0 unspecified atom stereocenters. The topological polar surface area (TPSA) is 92.7 Å². The summed E-state index contributed by atoms with van der Waals surface area (Å²) in [4.78, 5) is 10.8. The van der Waals surface area contributed by atoms with Gasteiger partial charge in [0.25, 0.3) is 10.0 Å². The first-order valence-corrected chi connectivity index (χ1v) is 11.7. The Hall–Kier alpha value is -3.72. The number of hydrogen-bond acceptors (Lipinski definition) is 4. The Morgan fingerprint density at radius 3 is 2.21 bits per heavy atom. The Morgan fingerprint density at radius 1 is 1.00 bits per heavy atom. The van der Waals surface area contributed by atoms with Gasteiger partial charge in [-0.15, -0.1) is 0 Å². The van der Waals surface area contributed by atoms with Gasteiger partial charge in [0.05, 0.1) is 10.6 Å². The maximum Gasteiger partial charge on any atom is 0.341 e. The lowest BCUT2D eigenvalue weighted by Gasteiger charge is -2.31. The Balaban J connectivity index is 1.75. The summed E-state index contributed by atoms with van der Waals surface area (Å²) < 4.78 is 62.2. The summed E-state index contributed by atoms with van der Waals surface area (Å²) in [5.41, 5.74) is 1.04. The molecule has 1 aliphatic rings. The summed E-state index contributed by atoms with van der Waals surface area (Å²) in [5, 5.41) is 8.90. The van der Waals surface area contributed by atoms with E-state index in [4.69, 9.17) is 9.84 Å². The zero-order chi connectivity index (χ0) is 24.8. The number of sulfonamides is 1. The highest BCUT2D eigenvalue weighted by atomic mass is 32.2. The molecule has 0 fully saturated rings. The molecule has 0 radical (unpaired) electrons. The van der Waals surface area contributed by atoms with Crippen molar-refractivity contribution >= 4 is 27.3 Å². The molecule has 0 spiro atoms. The number of aryl methyl sites for hydroxylation is 1. The molecule has 3 aromatic rings. The van der Waals surface area contributed by atoms with Crippen molar-refractivity contribution in [2.24, 2.45) is 0 Å². The lowest BCUT2D eigenvalue weighted by atomic mass is 9.90. The van der Waals surface area contributed by atoms with Gasteiger partial charge in [0.1, 0.15) is 28.5 Å². The highest BCUT2D eigenvalue weighted by Gasteiger charge is 2.29. The monoisotopic (exact) mass is 485 g/mol. The number of benzene rings is 3. The molecule has 1 aliphatic heterocycles. The number of fused-ring (bicyclic) bond motifs is 1. The molecule has 4 rings (SSSR count). The fourth-order valence-electron chi connectivity index (χ4n) is 3.74. The minimum Gasteiger partial charge on any atom is -0.483 e. The molecule has 0 saturated heterocycles. The molecule has 0 bridgehead atoms. The molecule has 176 valence electrons. The number of hydrogen-bond donors (Lipinski definition) is 2. The Kier molecular flexibility index (Phi) is 5.69. The van der Waals surface area contributed by atoms with Crippen LogP contribution in [-0.2, 0) is 10.0 Å². The Labute approximate surface area is 195 Å². The minimum absolute atomic E-state index is 0.157. The Morgan fingerprint density at radius 2 is 1.62 bits per heavy atom. The van der Waals surface area contributed by atoms with Gasteiger partial charge in [-0.1, -0.05) is 29.8 Å². The highest BCUT2D eigenvalue weighted by molar-refractivity contribution is 7.92. The van der Waals surface area contributed by atoms with Crippen LogP contribution in [0.5, 0.6) is 5.75 Å². The van der Waals surface area contributed by atoms with Crippen LogP contribution >= 0.6 is 0 Å². The van der Waals surface area contributed by atoms with Gasteiger partial charge >= 0.3 is 5.97 Å². The number of carboxylic acid groups (broad SMARTS) is 1. The smallest absolute Gasteiger partial charge is 0.341 e. The van der Waals surface area contributed by atoms with Crippen LogP contribution in [0.4, 0.5) is 14.5 Å². The van der Waals surface area contributed by atoms with Gasteiger partial charge in [0.15, 0.2) is 0 Å². The lowest BCUT2D eigenvalue weighted by molar-refractivity contribution is 0.0686. The van der Waals surface area contributed by atoms with E-state index in [1.165, 1.54) is 18.2 Å². The van der Waals surface area contributed by atoms with Crippen molar-refractivity contribution in [1.82, 2.24) is 0 Å². The van der Waals surface area contributed by atoms with E-state index in [1.807, 2.05) is 51.1 Å². The van der Waals surface area contributed by atoms with E-state index in [0.29, 0.717) is 23.4 Å². The number of halogens is 2. The van der Waals surface area contributed by atoms with E-state index in [2.05, 4.69) is 4.72 Å². The number of rotatable bonds is 5. The standard InChI is InChI=1S/C25H21F2NO5S/c1-14-4-6-15(7-5-14)19-13-25(2,3)33-22-9-8-17(12-18(19)22)34(31,32)28-16-10-20(26)23(24(29)30)21(27)11-16/h4-13,28H,1-3H3,(H,29,30). The first kappa shape index (κ1) is 23.4. The average molecular weight is 486 g/mol. The van der Waals surface area contributed by atoms with Crippen LogP contribution in [-0.4, -0.2) is 25.1 Å². The summed E-state index contributed by atoms with van der Waals surface area (Å²) in [6.45, 7) is 5.74. The second kappa shape index (κ2) is 8.25. The molecule has 34 heavy (non-hydrogen) atoms. The van der Waals surface area contributed by atoms with Gasteiger partial charge < -0.3 is 9.84 Å². The number of anilines is 1. The highest BCUT2D eigenvalue weighted by Crippen LogP contribution is 2.40. The lowest BCUT2D eigenvalue weighted by Crippen LogP contribution is -2.29. The zero-order valence-electron chi connectivity index (χ0n) is 18.5. The molecule has 0 atom stereocenters. The quantitative estimate of drug-likeness (QED) is 0.507. The van der Waals surface area contributed by atoms with Crippen LogP contribution in [0.1, 0.15) is 40.9 Å². The SMILES string of the molecule is Cc1ccc(C2=CC(C)(C)Oc3ccc(S(=O)(=O)Nc4cc(F)c(C(=O)O)c(F)c4)cc32)cc1. The molecular formula is C25H21F2NO5S. The van der Waals surface area contributed by atoms with Crippen LogP contribution in [0.3, 0.4) is 0 Å². The molecule has 6 nitrogen and oxygen atoms in total. The van der Waals surface area contributed by atoms with Crippen molar-refractivity contribution in [3.8, 4) is 5.75 Å². The van der Waals surface area contributed by atoms with E-state index in [0.717, 1.165) is 16.7 Å². The molecule has 0 amide bonds. The maximum atomic E-state index is 14.0. The first-order chi connectivity index (χ1) is 15.9. The normalized spacial score (nSPS) is 14.6. The van der Waals surface area contributed by atoms with Crippen molar-refractivity contribution in [2.75, 3.05) is 4.72 Å². The minimum atomic E-state index is -4.27. The third kappa shape index (κ3) is 4.51. The van der Waals surface area contributed by atoms with Crippen LogP contribution < -0.4 is 9.46 Å². The Bertz CT molecular complexity index is 1420. The second-order valence-electron chi connectivity index (χ2n) is 8.51. The largest absolute Gasteiger partial charge is 0.483 e. The summed E-state index contributed by atoms with van der Waals surface area (Å²) in [6.07, 6.45) is 1.90. The van der Waals surface area contributed by atoms with Crippen molar-refractivity contribution in [2.45, 2.75) is 31.3 Å². The molecule has 1 heterocycles. The number of ether oxygens (including phenoxy) is 1. The third-order valence-electron chi connectivity index (χ3n) is 5.29. The predicted octanol–water partition coefficient (Wildman–Crippen LogP) is 5.37. The molecule has 2 N–H and O–H groups in total. The summed E-state index contributed by atoms with van der Waals surface area (Å²) in [7, 11) is -4.27. The number of carbonyl (C=O) groups is 1. The van der Waals surface area contributed by atoms with Crippen LogP contribution in [0.25, 0.3) is 5.57 Å². The molecule has 0 saturated carbocycles. The molecule has 9 heteroatoms. The predicted molar refractivity (Wildman–Crippen MR) is 124 cm³/mol. The number of carboxylic acids is 1. The molecule has 0 aliphatic carbocycles.